The molecule has 0 saturated heterocycles. The first kappa shape index (κ1) is 21.7. The number of alkyl halides is 6. The molecule has 28 heavy (non-hydrogen) atoms. The summed E-state index contributed by atoms with van der Waals surface area (Å²) < 4.78 is 81.9. The Kier molecular flexibility index (Phi) is 6.01. The van der Waals surface area contributed by atoms with Crippen LogP contribution in [0.5, 0.6) is 0 Å². The van der Waals surface area contributed by atoms with E-state index in [1.165, 1.54) is 52.0 Å². The summed E-state index contributed by atoms with van der Waals surface area (Å²) in [5, 5.41) is 0. The Hall–Kier alpha value is -2.64. The number of benzene rings is 2. The quantitative estimate of drug-likeness (QED) is 0.396. The van der Waals surface area contributed by atoms with Crippen LogP contribution in [0.1, 0.15) is 22.3 Å². The number of aryl methyl sites for hydroxylation is 4. The summed E-state index contributed by atoms with van der Waals surface area (Å²) in [5.74, 6) is 0. The lowest BCUT2D eigenvalue weighted by Crippen LogP contribution is -2.40. The van der Waals surface area contributed by atoms with E-state index in [9.17, 15) is 26.3 Å². The van der Waals surface area contributed by atoms with Crippen LogP contribution in [0, 0.1) is 27.7 Å². The maximum atomic E-state index is 13.6. The predicted molar refractivity (Wildman–Crippen MR) is 98.1 cm³/mol. The first-order chi connectivity index (χ1) is 12.8. The van der Waals surface area contributed by atoms with Crippen molar-refractivity contribution in [3.63, 3.8) is 0 Å². The van der Waals surface area contributed by atoms with Gasteiger partial charge in [0.15, 0.2) is 11.4 Å². The highest BCUT2D eigenvalue weighted by molar-refractivity contribution is 6.47. The second kappa shape index (κ2) is 7.77. The first-order valence-corrected chi connectivity index (χ1v) is 8.27. The summed E-state index contributed by atoms with van der Waals surface area (Å²) in [6, 6.07) is 9.11. The van der Waals surface area contributed by atoms with Gasteiger partial charge in [-0.05, 0) is 49.9 Å². The van der Waals surface area contributed by atoms with E-state index in [0.29, 0.717) is 22.3 Å². The van der Waals surface area contributed by atoms with Crippen molar-refractivity contribution in [2.45, 2.75) is 40.0 Å². The fourth-order valence-corrected chi connectivity index (χ4v) is 2.69. The summed E-state index contributed by atoms with van der Waals surface area (Å²) in [6.45, 7) is 5.93. The number of nitrogens with zero attached hydrogens (tertiary/aromatic N) is 2. The summed E-state index contributed by atoms with van der Waals surface area (Å²) in [6.07, 6.45) is -10.7. The van der Waals surface area contributed by atoms with E-state index in [0.717, 1.165) is 0 Å². The second-order valence-electron chi connectivity index (χ2n) is 6.40. The molecular formula is C20H18F6N2. The minimum absolute atomic E-state index is 0.159. The number of hydrogen-bond acceptors (Lipinski definition) is 2. The van der Waals surface area contributed by atoms with E-state index in [1.54, 1.807) is 12.1 Å². The van der Waals surface area contributed by atoms with Gasteiger partial charge in [-0.15, -0.1) is 0 Å². The predicted octanol–water partition coefficient (Wildman–Crippen LogP) is 6.89. The molecule has 0 amide bonds. The minimum Gasteiger partial charge on any atom is -0.241 e. The fraction of sp³-hybridized carbons (Fsp3) is 0.300. The van der Waals surface area contributed by atoms with Gasteiger partial charge in [-0.1, -0.05) is 36.4 Å². The third-order valence-electron chi connectivity index (χ3n) is 4.09. The summed E-state index contributed by atoms with van der Waals surface area (Å²) in [5.41, 5.74) is -3.14. The largest absolute Gasteiger partial charge is 0.435 e. The molecule has 0 heterocycles. The van der Waals surface area contributed by atoms with Crippen LogP contribution in [0.3, 0.4) is 0 Å². The number of hydrogen-bond donors (Lipinski definition) is 0. The lowest BCUT2D eigenvalue weighted by molar-refractivity contribution is -0.0709. The molecule has 2 rings (SSSR count). The van der Waals surface area contributed by atoms with Crippen molar-refractivity contribution in [3.05, 3.63) is 58.7 Å². The van der Waals surface area contributed by atoms with Gasteiger partial charge >= 0.3 is 12.4 Å². The van der Waals surface area contributed by atoms with Gasteiger partial charge in [0.2, 0.25) is 0 Å². The third kappa shape index (κ3) is 4.79. The monoisotopic (exact) mass is 400 g/mol. The Bertz CT molecular complexity index is 819. The zero-order valence-corrected chi connectivity index (χ0v) is 15.6. The molecule has 0 saturated carbocycles. The molecule has 0 radical (unpaired) electrons. The van der Waals surface area contributed by atoms with Gasteiger partial charge in [0.25, 0.3) is 0 Å². The molecule has 0 aliphatic rings. The molecular weight excluding hydrogens is 382 g/mol. The Balaban J connectivity index is 2.84. The van der Waals surface area contributed by atoms with Gasteiger partial charge in [-0.2, -0.15) is 26.3 Å². The van der Waals surface area contributed by atoms with Gasteiger partial charge in [0.05, 0.1) is 11.4 Å². The zero-order chi connectivity index (χ0) is 21.3. The highest BCUT2D eigenvalue weighted by Crippen LogP contribution is 2.34. The minimum atomic E-state index is -5.35. The molecule has 0 aliphatic carbocycles. The Morgan fingerprint density at radius 2 is 0.821 bits per heavy atom. The highest BCUT2D eigenvalue weighted by atomic mass is 19.4. The van der Waals surface area contributed by atoms with Crippen molar-refractivity contribution in [2.24, 2.45) is 9.98 Å². The molecule has 0 aromatic heterocycles. The van der Waals surface area contributed by atoms with Crippen molar-refractivity contribution >= 4 is 22.8 Å². The molecule has 2 nitrogen and oxygen atoms in total. The number of rotatable bonds is 3. The number of halogens is 6. The van der Waals surface area contributed by atoms with E-state index in [-0.39, 0.29) is 11.4 Å². The Morgan fingerprint density at radius 1 is 0.571 bits per heavy atom. The summed E-state index contributed by atoms with van der Waals surface area (Å²) in [4.78, 5) is 6.78. The molecule has 0 spiro atoms. The van der Waals surface area contributed by atoms with Crippen LogP contribution in [-0.4, -0.2) is 23.8 Å². The molecule has 2 aromatic carbocycles. The molecule has 0 atom stereocenters. The van der Waals surface area contributed by atoms with Crippen LogP contribution in [0.25, 0.3) is 0 Å². The third-order valence-corrected chi connectivity index (χ3v) is 4.09. The maximum absolute atomic E-state index is 13.6. The van der Waals surface area contributed by atoms with Crippen molar-refractivity contribution in [2.75, 3.05) is 0 Å². The Labute approximate surface area is 158 Å². The van der Waals surface area contributed by atoms with E-state index < -0.39 is 23.8 Å². The number of aliphatic imine (C=N–C) groups is 2. The van der Waals surface area contributed by atoms with Crippen LogP contribution in [0.15, 0.2) is 46.4 Å². The standard InChI is InChI=1S/C20H18F6N2/c1-11-7-5-8-12(2)15(11)27-17(19(21,22)23)18(20(24,25)26)28-16-13(3)9-6-10-14(16)4/h5-10H,1-4H3. The molecule has 2 aromatic rings. The smallest absolute Gasteiger partial charge is 0.241 e. The lowest BCUT2D eigenvalue weighted by Gasteiger charge is -2.18. The van der Waals surface area contributed by atoms with Crippen LogP contribution >= 0.6 is 0 Å². The molecule has 0 aliphatic heterocycles. The first-order valence-electron chi connectivity index (χ1n) is 8.27. The van der Waals surface area contributed by atoms with Crippen LogP contribution in [-0.2, 0) is 0 Å². The second-order valence-corrected chi connectivity index (χ2v) is 6.40. The van der Waals surface area contributed by atoms with Gasteiger partial charge < -0.3 is 0 Å². The zero-order valence-electron chi connectivity index (χ0n) is 15.6. The van der Waals surface area contributed by atoms with E-state index >= 15 is 0 Å². The topological polar surface area (TPSA) is 24.7 Å². The molecule has 0 bridgehead atoms. The van der Waals surface area contributed by atoms with Crippen molar-refractivity contribution < 1.29 is 26.3 Å². The fourth-order valence-electron chi connectivity index (χ4n) is 2.69. The molecule has 150 valence electrons. The average molecular weight is 400 g/mol. The van der Waals surface area contributed by atoms with E-state index in [2.05, 4.69) is 9.98 Å². The average Bonchev–Trinajstić information content (AvgIpc) is 2.53. The van der Waals surface area contributed by atoms with Gasteiger partial charge in [-0.3, -0.25) is 0 Å². The van der Waals surface area contributed by atoms with Crippen LogP contribution < -0.4 is 0 Å². The van der Waals surface area contributed by atoms with Gasteiger partial charge in [-0.25, -0.2) is 9.98 Å². The Morgan fingerprint density at radius 3 is 1.04 bits per heavy atom. The summed E-state index contributed by atoms with van der Waals surface area (Å²) >= 11 is 0. The number of para-hydroxylation sites is 2. The molecule has 8 heteroatoms. The van der Waals surface area contributed by atoms with Crippen LogP contribution in [0.2, 0.25) is 0 Å². The van der Waals surface area contributed by atoms with Crippen molar-refractivity contribution in [3.8, 4) is 0 Å². The lowest BCUT2D eigenvalue weighted by atomic mass is 10.1. The SMILES string of the molecule is Cc1cccc(C)c1N=C(C(=Nc1c(C)cccc1C)C(F)(F)F)C(F)(F)F. The van der Waals surface area contributed by atoms with Crippen molar-refractivity contribution in [1.82, 2.24) is 0 Å². The highest BCUT2D eigenvalue weighted by Gasteiger charge is 2.50. The molecule has 0 fully saturated rings. The molecule has 0 unspecified atom stereocenters. The van der Waals surface area contributed by atoms with E-state index in [4.69, 9.17) is 0 Å². The summed E-state index contributed by atoms with van der Waals surface area (Å²) in [7, 11) is 0. The normalized spacial score (nSPS) is 13.8. The van der Waals surface area contributed by atoms with Crippen molar-refractivity contribution in [1.29, 1.82) is 0 Å². The van der Waals surface area contributed by atoms with Gasteiger partial charge in [0, 0.05) is 0 Å². The van der Waals surface area contributed by atoms with E-state index in [1.807, 2.05) is 0 Å². The molecule has 0 N–H and O–H groups in total. The maximum Gasteiger partial charge on any atom is 0.435 e. The van der Waals surface area contributed by atoms with Gasteiger partial charge in [0.1, 0.15) is 0 Å². The van der Waals surface area contributed by atoms with Crippen LogP contribution in [0.4, 0.5) is 37.7 Å².